The molecule has 0 saturated carbocycles. The first-order valence-electron chi connectivity index (χ1n) is 6.17. The quantitative estimate of drug-likeness (QED) is 0.801. The van der Waals surface area contributed by atoms with Crippen molar-refractivity contribution in [3.8, 4) is 5.75 Å². The van der Waals surface area contributed by atoms with Gasteiger partial charge >= 0.3 is 6.18 Å². The van der Waals surface area contributed by atoms with E-state index in [2.05, 4.69) is 0 Å². The maximum Gasteiger partial charge on any atom is 0.418 e. The number of hydrogen-bond donors (Lipinski definition) is 1. The minimum atomic E-state index is -4.52. The molecule has 0 saturated heterocycles. The molecule has 0 aliphatic rings. The Kier molecular flexibility index (Phi) is 4.32. The molecular weight excluding hydrogens is 303 g/mol. The molecule has 1 atom stereocenters. The molecule has 6 heteroatoms. The van der Waals surface area contributed by atoms with Crippen LogP contribution < -0.4 is 10.5 Å². The van der Waals surface area contributed by atoms with Crippen LogP contribution in [-0.4, -0.2) is 0 Å². The Morgan fingerprint density at radius 2 is 1.81 bits per heavy atom. The molecule has 2 aromatic rings. The highest BCUT2D eigenvalue weighted by atomic mass is 35.5. The number of ether oxygens (including phenoxy) is 1. The number of benzene rings is 2. The summed E-state index contributed by atoms with van der Waals surface area (Å²) in [5.74, 6) is 0.0870. The van der Waals surface area contributed by atoms with E-state index >= 15 is 0 Å². The number of hydrogen-bond acceptors (Lipinski definition) is 2. The van der Waals surface area contributed by atoms with Gasteiger partial charge in [0.15, 0.2) is 0 Å². The smallest absolute Gasteiger partial charge is 0.418 e. The van der Waals surface area contributed by atoms with E-state index in [0.717, 1.165) is 6.07 Å². The van der Waals surface area contributed by atoms with Gasteiger partial charge in [-0.2, -0.15) is 13.2 Å². The monoisotopic (exact) mass is 315 g/mol. The van der Waals surface area contributed by atoms with Crippen molar-refractivity contribution >= 4 is 17.3 Å². The topological polar surface area (TPSA) is 35.2 Å². The molecule has 0 radical (unpaired) electrons. The molecule has 2 nitrogen and oxygen atoms in total. The maximum atomic E-state index is 12.8. The third-order valence-corrected chi connectivity index (χ3v) is 3.33. The van der Waals surface area contributed by atoms with Crippen LogP contribution >= 0.6 is 11.6 Å². The lowest BCUT2D eigenvalue weighted by Gasteiger charge is -2.18. The van der Waals surface area contributed by atoms with Gasteiger partial charge in [0.05, 0.1) is 5.56 Å². The summed E-state index contributed by atoms with van der Waals surface area (Å²) in [6, 6.07) is 10.5. The van der Waals surface area contributed by atoms with Crippen molar-refractivity contribution in [1.82, 2.24) is 0 Å². The lowest BCUT2D eigenvalue weighted by atomic mass is 10.1. The second-order valence-corrected chi connectivity index (χ2v) is 4.94. The Labute approximate surface area is 125 Å². The van der Waals surface area contributed by atoms with Gasteiger partial charge in [-0.25, -0.2) is 0 Å². The Balaban J connectivity index is 2.26. The lowest BCUT2D eigenvalue weighted by molar-refractivity contribution is -0.137. The highest BCUT2D eigenvalue weighted by molar-refractivity contribution is 6.31. The number of nitrogen functional groups attached to an aromatic ring is 1. The molecule has 21 heavy (non-hydrogen) atoms. The summed E-state index contributed by atoms with van der Waals surface area (Å²) in [6.07, 6.45) is -5.00. The van der Waals surface area contributed by atoms with Crippen LogP contribution in [0.5, 0.6) is 5.75 Å². The molecule has 0 fully saturated rings. The van der Waals surface area contributed by atoms with Gasteiger partial charge in [0.25, 0.3) is 0 Å². The van der Waals surface area contributed by atoms with Crippen LogP contribution in [0.25, 0.3) is 0 Å². The lowest BCUT2D eigenvalue weighted by Crippen LogP contribution is -2.10. The van der Waals surface area contributed by atoms with Crippen LogP contribution in [0.1, 0.15) is 24.2 Å². The predicted molar refractivity (Wildman–Crippen MR) is 76.4 cm³/mol. The Morgan fingerprint density at radius 3 is 2.43 bits per heavy atom. The third kappa shape index (κ3) is 3.61. The fourth-order valence-electron chi connectivity index (χ4n) is 1.93. The summed E-state index contributed by atoms with van der Waals surface area (Å²) in [5, 5.41) is 0.497. The van der Waals surface area contributed by atoms with Crippen LogP contribution in [0.15, 0.2) is 42.5 Å². The second-order valence-electron chi connectivity index (χ2n) is 4.53. The summed E-state index contributed by atoms with van der Waals surface area (Å²) >= 11 is 6.03. The van der Waals surface area contributed by atoms with E-state index in [1.807, 2.05) is 0 Å². The Bertz CT molecular complexity index is 643. The largest absolute Gasteiger partial charge is 0.486 e. The molecule has 112 valence electrons. The number of alkyl halides is 3. The SMILES string of the molecule is CC(Oc1ccc(N)c(C(F)(F)F)c1)c1ccccc1Cl. The van der Waals surface area contributed by atoms with Crippen molar-refractivity contribution in [2.24, 2.45) is 0 Å². The zero-order valence-electron chi connectivity index (χ0n) is 11.1. The minimum absolute atomic E-state index is 0.0870. The molecule has 0 aliphatic carbocycles. The van der Waals surface area contributed by atoms with Crippen LogP contribution in [0.3, 0.4) is 0 Å². The molecule has 2 aromatic carbocycles. The van der Waals surface area contributed by atoms with Crippen molar-refractivity contribution in [2.75, 3.05) is 5.73 Å². The van der Waals surface area contributed by atoms with Gasteiger partial charge < -0.3 is 10.5 Å². The van der Waals surface area contributed by atoms with Gasteiger partial charge in [-0.05, 0) is 31.2 Å². The number of nitrogens with two attached hydrogens (primary N) is 1. The maximum absolute atomic E-state index is 12.8. The fourth-order valence-corrected chi connectivity index (χ4v) is 2.22. The van der Waals surface area contributed by atoms with E-state index in [9.17, 15) is 13.2 Å². The molecule has 0 amide bonds. The number of halogens is 4. The standard InChI is InChI=1S/C15H13ClF3NO/c1-9(11-4-2-3-5-13(11)16)21-10-6-7-14(20)12(8-10)15(17,18)19/h2-9H,20H2,1H3. The van der Waals surface area contributed by atoms with E-state index in [0.29, 0.717) is 10.6 Å². The molecule has 0 aliphatic heterocycles. The molecule has 0 heterocycles. The average Bonchev–Trinajstić information content (AvgIpc) is 2.40. The first-order chi connectivity index (χ1) is 9.79. The van der Waals surface area contributed by atoms with Crippen LogP contribution in [0.4, 0.5) is 18.9 Å². The summed E-state index contributed by atoms with van der Waals surface area (Å²) < 4.78 is 43.9. The molecule has 2 N–H and O–H groups in total. The highest BCUT2D eigenvalue weighted by Gasteiger charge is 2.33. The van der Waals surface area contributed by atoms with Gasteiger partial charge in [-0.1, -0.05) is 29.8 Å². The van der Waals surface area contributed by atoms with Gasteiger partial charge in [-0.3, -0.25) is 0 Å². The zero-order chi connectivity index (χ0) is 15.6. The first-order valence-corrected chi connectivity index (χ1v) is 6.54. The fraction of sp³-hybridized carbons (Fsp3) is 0.200. The van der Waals surface area contributed by atoms with Crippen LogP contribution in [0, 0.1) is 0 Å². The predicted octanol–water partition coefficient (Wildman–Crippen LogP) is 5.08. The second kappa shape index (κ2) is 5.85. The van der Waals surface area contributed by atoms with E-state index < -0.39 is 17.8 Å². The Morgan fingerprint density at radius 1 is 1.14 bits per heavy atom. The third-order valence-electron chi connectivity index (χ3n) is 2.99. The minimum Gasteiger partial charge on any atom is -0.486 e. The van der Waals surface area contributed by atoms with Crippen molar-refractivity contribution < 1.29 is 17.9 Å². The van der Waals surface area contributed by atoms with Crippen LogP contribution in [0.2, 0.25) is 5.02 Å². The van der Waals surface area contributed by atoms with Crippen molar-refractivity contribution in [3.05, 3.63) is 58.6 Å². The van der Waals surface area contributed by atoms with Crippen LogP contribution in [-0.2, 0) is 6.18 Å². The van der Waals surface area contributed by atoms with E-state index in [4.69, 9.17) is 22.1 Å². The summed E-state index contributed by atoms with van der Waals surface area (Å²) in [7, 11) is 0. The van der Waals surface area contributed by atoms with Crippen molar-refractivity contribution in [1.29, 1.82) is 0 Å². The summed E-state index contributed by atoms with van der Waals surface area (Å²) in [6.45, 7) is 1.71. The highest BCUT2D eigenvalue weighted by Crippen LogP contribution is 2.37. The summed E-state index contributed by atoms with van der Waals surface area (Å²) in [5.41, 5.74) is 4.80. The van der Waals surface area contributed by atoms with E-state index in [1.54, 1.807) is 31.2 Å². The van der Waals surface area contributed by atoms with Crippen molar-refractivity contribution in [2.45, 2.75) is 19.2 Å². The molecule has 2 rings (SSSR count). The normalized spacial score (nSPS) is 13.0. The number of rotatable bonds is 3. The molecular formula is C15H13ClF3NO. The molecule has 0 bridgehead atoms. The average molecular weight is 316 g/mol. The molecule has 0 aromatic heterocycles. The Hall–Kier alpha value is -1.88. The van der Waals surface area contributed by atoms with Gasteiger partial charge in [0.2, 0.25) is 0 Å². The van der Waals surface area contributed by atoms with E-state index in [-0.39, 0.29) is 11.4 Å². The van der Waals surface area contributed by atoms with Gasteiger partial charge in [0, 0.05) is 16.3 Å². The summed E-state index contributed by atoms with van der Waals surface area (Å²) in [4.78, 5) is 0. The number of anilines is 1. The van der Waals surface area contributed by atoms with Gasteiger partial charge in [-0.15, -0.1) is 0 Å². The molecule has 0 spiro atoms. The zero-order valence-corrected chi connectivity index (χ0v) is 11.9. The van der Waals surface area contributed by atoms with Crippen molar-refractivity contribution in [3.63, 3.8) is 0 Å². The van der Waals surface area contributed by atoms with E-state index in [1.165, 1.54) is 12.1 Å². The molecule has 1 unspecified atom stereocenters. The first kappa shape index (κ1) is 15.5. The van der Waals surface area contributed by atoms with Gasteiger partial charge in [0.1, 0.15) is 11.9 Å².